The van der Waals surface area contributed by atoms with Crippen LogP contribution in [0.3, 0.4) is 0 Å². The van der Waals surface area contributed by atoms with E-state index in [2.05, 4.69) is 10.0 Å². The van der Waals surface area contributed by atoms with Gasteiger partial charge in [-0.3, -0.25) is 4.79 Å². The molecule has 2 rings (SSSR count). The molecular weight excluding hydrogens is 390 g/mol. The summed E-state index contributed by atoms with van der Waals surface area (Å²) in [6.45, 7) is 0.733. The number of amides is 1. The predicted octanol–water partition coefficient (Wildman–Crippen LogP) is 1.47. The lowest BCUT2D eigenvalue weighted by Gasteiger charge is -2.09. The van der Waals surface area contributed by atoms with Gasteiger partial charge in [0.15, 0.2) is 0 Å². The molecule has 0 saturated carbocycles. The normalized spacial score (nSPS) is 10.9. The van der Waals surface area contributed by atoms with Gasteiger partial charge < -0.3 is 15.8 Å². The molecule has 27 heavy (non-hydrogen) atoms. The molecule has 0 aliphatic heterocycles. The molecule has 148 valence electrons. The lowest BCUT2D eigenvalue weighted by molar-refractivity contribution is -0.120. The average Bonchev–Trinajstić information content (AvgIpc) is 2.62. The molecule has 0 atom stereocenters. The molecule has 1 amide bonds. The molecule has 7 nitrogen and oxygen atoms in total. The number of carbonyl (C=O) groups excluding carboxylic acids is 1. The molecule has 0 spiro atoms. The van der Waals surface area contributed by atoms with Crippen LogP contribution in [-0.2, 0) is 32.5 Å². The number of rotatable bonds is 9. The first kappa shape index (κ1) is 22.9. The van der Waals surface area contributed by atoms with Crippen molar-refractivity contribution in [1.82, 2.24) is 10.0 Å². The minimum absolute atomic E-state index is 0. The quantitative estimate of drug-likeness (QED) is 0.426. The fourth-order valence-corrected chi connectivity index (χ4v) is 3.35. The minimum atomic E-state index is -3.60. The van der Waals surface area contributed by atoms with E-state index < -0.39 is 10.0 Å². The van der Waals surface area contributed by atoms with E-state index in [9.17, 15) is 13.2 Å². The number of nitrogens with one attached hydrogen (secondary N) is 2. The summed E-state index contributed by atoms with van der Waals surface area (Å²) >= 11 is 0. The molecule has 0 fully saturated rings. The van der Waals surface area contributed by atoms with Crippen molar-refractivity contribution in [2.75, 3.05) is 26.0 Å². The van der Waals surface area contributed by atoms with Gasteiger partial charge in [-0.1, -0.05) is 24.3 Å². The number of hydrogen-bond acceptors (Lipinski definition) is 5. The van der Waals surface area contributed by atoms with Crippen molar-refractivity contribution in [3.63, 3.8) is 0 Å². The summed E-state index contributed by atoms with van der Waals surface area (Å²) in [6, 6.07) is 13.5. The van der Waals surface area contributed by atoms with Crippen LogP contribution >= 0.6 is 12.4 Å². The van der Waals surface area contributed by atoms with Crippen LogP contribution in [0.15, 0.2) is 53.4 Å². The van der Waals surface area contributed by atoms with E-state index >= 15 is 0 Å². The predicted molar refractivity (Wildman–Crippen MR) is 107 cm³/mol. The summed E-state index contributed by atoms with van der Waals surface area (Å²) in [6.07, 6.45) is 0.233. The molecule has 0 aromatic heterocycles. The summed E-state index contributed by atoms with van der Waals surface area (Å²) in [5.41, 5.74) is 7.82. The van der Waals surface area contributed by atoms with E-state index in [0.29, 0.717) is 17.9 Å². The smallest absolute Gasteiger partial charge is 0.240 e. The van der Waals surface area contributed by atoms with Crippen molar-refractivity contribution in [3.05, 3.63) is 59.7 Å². The largest absolute Gasteiger partial charge is 0.399 e. The summed E-state index contributed by atoms with van der Waals surface area (Å²) in [7, 11) is -2.10. The van der Waals surface area contributed by atoms with Crippen molar-refractivity contribution >= 4 is 34.0 Å². The van der Waals surface area contributed by atoms with E-state index in [-0.39, 0.29) is 42.7 Å². The molecule has 2 aromatic carbocycles. The Kier molecular flexibility index (Phi) is 9.23. The zero-order chi connectivity index (χ0) is 19.0. The highest BCUT2D eigenvalue weighted by Crippen LogP contribution is 2.12. The molecule has 0 saturated heterocycles. The van der Waals surface area contributed by atoms with E-state index in [1.807, 2.05) is 0 Å². The van der Waals surface area contributed by atoms with Gasteiger partial charge in [0.05, 0.1) is 17.9 Å². The van der Waals surface area contributed by atoms with E-state index in [1.165, 1.54) is 13.2 Å². The fraction of sp³-hybridized carbons (Fsp3) is 0.278. The second-order valence-electron chi connectivity index (χ2n) is 5.73. The van der Waals surface area contributed by atoms with Gasteiger partial charge in [0.2, 0.25) is 15.9 Å². The first-order valence-corrected chi connectivity index (χ1v) is 9.57. The number of anilines is 1. The molecule has 0 radical (unpaired) electrons. The summed E-state index contributed by atoms with van der Waals surface area (Å²) in [4.78, 5) is 12.2. The maximum absolute atomic E-state index is 12.2. The third-order valence-corrected chi connectivity index (χ3v) is 5.10. The van der Waals surface area contributed by atoms with Gasteiger partial charge in [-0.25, -0.2) is 13.1 Å². The highest BCUT2D eigenvalue weighted by atomic mass is 35.5. The van der Waals surface area contributed by atoms with Crippen LogP contribution in [0.4, 0.5) is 5.69 Å². The second kappa shape index (κ2) is 10.9. The minimum Gasteiger partial charge on any atom is -0.399 e. The van der Waals surface area contributed by atoms with Gasteiger partial charge >= 0.3 is 0 Å². The Bertz CT molecular complexity index is 842. The number of nitrogens with two attached hydrogens (primary N) is 1. The molecule has 0 heterocycles. The monoisotopic (exact) mass is 413 g/mol. The number of ether oxygens (including phenoxy) is 1. The van der Waals surface area contributed by atoms with E-state index in [1.54, 1.807) is 42.5 Å². The van der Waals surface area contributed by atoms with Crippen LogP contribution in [0, 0.1) is 0 Å². The lowest BCUT2D eigenvalue weighted by Crippen LogP contribution is -2.27. The standard InChI is InChI=1S/C18H23N3O4S.ClH/c1-25-10-9-21-26(23,24)17-4-2-3-15(11-17)13-20-18(22)12-14-5-7-16(19)8-6-14;/h2-8,11,21H,9-10,12-13,19H2,1H3,(H,20,22);1H. The molecule has 0 unspecified atom stereocenters. The van der Waals surface area contributed by atoms with Crippen molar-refractivity contribution in [3.8, 4) is 0 Å². The Morgan fingerprint density at radius 2 is 1.81 bits per heavy atom. The fourth-order valence-electron chi connectivity index (χ4n) is 2.27. The van der Waals surface area contributed by atoms with Crippen LogP contribution in [-0.4, -0.2) is 34.6 Å². The van der Waals surface area contributed by atoms with Crippen LogP contribution in [0.1, 0.15) is 11.1 Å². The Balaban J connectivity index is 0.00000364. The van der Waals surface area contributed by atoms with Crippen molar-refractivity contribution in [2.45, 2.75) is 17.9 Å². The highest BCUT2D eigenvalue weighted by molar-refractivity contribution is 7.89. The summed E-state index contributed by atoms with van der Waals surface area (Å²) in [5, 5.41) is 2.79. The lowest BCUT2D eigenvalue weighted by atomic mass is 10.1. The van der Waals surface area contributed by atoms with Crippen LogP contribution in [0.5, 0.6) is 0 Å². The topological polar surface area (TPSA) is 111 Å². The first-order chi connectivity index (χ1) is 12.4. The average molecular weight is 414 g/mol. The number of halogens is 1. The van der Waals surface area contributed by atoms with Gasteiger partial charge in [-0.15, -0.1) is 12.4 Å². The Morgan fingerprint density at radius 1 is 1.11 bits per heavy atom. The van der Waals surface area contributed by atoms with E-state index in [0.717, 1.165) is 5.56 Å². The van der Waals surface area contributed by atoms with Crippen molar-refractivity contribution < 1.29 is 17.9 Å². The van der Waals surface area contributed by atoms with Crippen LogP contribution in [0.2, 0.25) is 0 Å². The van der Waals surface area contributed by atoms with Crippen molar-refractivity contribution in [1.29, 1.82) is 0 Å². The van der Waals surface area contributed by atoms with Crippen LogP contribution < -0.4 is 15.8 Å². The highest BCUT2D eigenvalue weighted by Gasteiger charge is 2.13. The molecule has 2 aromatic rings. The maximum Gasteiger partial charge on any atom is 0.240 e. The number of methoxy groups -OCH3 is 1. The second-order valence-corrected chi connectivity index (χ2v) is 7.50. The third kappa shape index (κ3) is 7.56. The van der Waals surface area contributed by atoms with Gasteiger partial charge in [-0.05, 0) is 35.4 Å². The SMILES string of the molecule is COCCNS(=O)(=O)c1cccc(CNC(=O)Cc2ccc(N)cc2)c1.Cl. The number of benzene rings is 2. The molecular formula is C18H24ClN3O4S. The number of nitrogen functional groups attached to an aromatic ring is 1. The van der Waals surface area contributed by atoms with E-state index in [4.69, 9.17) is 10.5 Å². The summed E-state index contributed by atoms with van der Waals surface area (Å²) in [5.74, 6) is -0.152. The first-order valence-electron chi connectivity index (χ1n) is 8.09. The van der Waals surface area contributed by atoms with Gasteiger partial charge in [0.25, 0.3) is 0 Å². The number of sulfonamides is 1. The van der Waals surface area contributed by atoms with Crippen LogP contribution in [0.25, 0.3) is 0 Å². The Hall–Kier alpha value is -2.13. The molecule has 4 N–H and O–H groups in total. The third-order valence-electron chi connectivity index (χ3n) is 3.64. The Morgan fingerprint density at radius 3 is 2.48 bits per heavy atom. The number of hydrogen-bond donors (Lipinski definition) is 3. The molecule has 0 bridgehead atoms. The maximum atomic E-state index is 12.2. The zero-order valence-electron chi connectivity index (χ0n) is 15.0. The van der Waals surface area contributed by atoms with Gasteiger partial charge in [-0.2, -0.15) is 0 Å². The zero-order valence-corrected chi connectivity index (χ0v) is 16.6. The molecule has 0 aliphatic carbocycles. The van der Waals surface area contributed by atoms with Crippen molar-refractivity contribution in [2.24, 2.45) is 0 Å². The number of carbonyl (C=O) groups is 1. The molecule has 9 heteroatoms. The Labute approximate surface area is 165 Å². The van der Waals surface area contributed by atoms with Gasteiger partial charge in [0, 0.05) is 25.9 Å². The molecule has 0 aliphatic rings. The summed E-state index contributed by atoms with van der Waals surface area (Å²) < 4.78 is 31.7. The van der Waals surface area contributed by atoms with Gasteiger partial charge in [0.1, 0.15) is 0 Å².